The molecule has 0 aliphatic carbocycles. The summed E-state index contributed by atoms with van der Waals surface area (Å²) in [7, 11) is 0. The van der Waals surface area contributed by atoms with Crippen molar-refractivity contribution in [2.45, 2.75) is 11.0 Å². The number of nitrogens with zero attached hydrogens (tertiary/aromatic N) is 1. The minimum absolute atomic E-state index is 0.523. The van der Waals surface area contributed by atoms with E-state index in [1.807, 2.05) is 11.8 Å². The monoisotopic (exact) mass is 230 g/mol. The molecule has 0 bridgehead atoms. The highest BCUT2D eigenvalue weighted by Crippen LogP contribution is 2.26. The van der Waals surface area contributed by atoms with Gasteiger partial charge >= 0.3 is 0 Å². The van der Waals surface area contributed by atoms with Crippen LogP contribution in [0.5, 0.6) is 0 Å². The smallest absolute Gasteiger partial charge is 0.123 e. The van der Waals surface area contributed by atoms with Crippen LogP contribution in [-0.2, 0) is 10.5 Å². The Balaban J connectivity index is 1.96. The molecule has 0 atom stereocenters. The average Bonchev–Trinajstić information content (AvgIpc) is 2.08. The maximum absolute atomic E-state index is 5.98. The van der Waals surface area contributed by atoms with Crippen molar-refractivity contribution in [2.75, 3.05) is 18.9 Å². The minimum atomic E-state index is 0.523. The minimum Gasteiger partial charge on any atom is -0.384 e. The predicted molar refractivity (Wildman–Crippen MR) is 59.6 cm³/mol. The van der Waals surface area contributed by atoms with Gasteiger partial charge in [0.1, 0.15) is 5.82 Å². The number of hydrogen-bond donors (Lipinski definition) is 1. The third kappa shape index (κ3) is 2.32. The quantitative estimate of drug-likeness (QED) is 0.863. The summed E-state index contributed by atoms with van der Waals surface area (Å²) in [5.74, 6) is 1.33. The Morgan fingerprint density at radius 3 is 3.00 bits per heavy atom. The maximum atomic E-state index is 5.98. The van der Waals surface area contributed by atoms with Gasteiger partial charge in [-0.2, -0.15) is 0 Å². The average molecular weight is 231 g/mol. The summed E-state index contributed by atoms with van der Waals surface area (Å²) in [6.07, 6.45) is 0. The molecule has 0 unspecified atom stereocenters. The van der Waals surface area contributed by atoms with Crippen LogP contribution in [0, 0.1) is 0 Å². The second kappa shape index (κ2) is 4.38. The van der Waals surface area contributed by atoms with Gasteiger partial charge in [-0.25, -0.2) is 4.98 Å². The Hall–Kier alpha value is -0.450. The van der Waals surface area contributed by atoms with Crippen molar-refractivity contribution in [1.29, 1.82) is 0 Å². The molecule has 0 radical (unpaired) electrons. The SMILES string of the molecule is Nc1ccc(Cl)c(CSC2COC2)n1. The first-order chi connectivity index (χ1) is 6.75. The van der Waals surface area contributed by atoms with E-state index in [9.17, 15) is 0 Å². The van der Waals surface area contributed by atoms with E-state index < -0.39 is 0 Å². The van der Waals surface area contributed by atoms with Gasteiger partial charge in [-0.1, -0.05) is 11.6 Å². The summed E-state index contributed by atoms with van der Waals surface area (Å²) in [5, 5.41) is 1.28. The summed E-state index contributed by atoms with van der Waals surface area (Å²) >= 11 is 7.79. The van der Waals surface area contributed by atoms with E-state index in [1.165, 1.54) is 0 Å². The van der Waals surface area contributed by atoms with Crippen molar-refractivity contribution in [2.24, 2.45) is 0 Å². The molecular formula is C9H11ClN2OS. The first-order valence-corrected chi connectivity index (χ1v) is 5.78. The van der Waals surface area contributed by atoms with Gasteiger partial charge in [-0.3, -0.25) is 0 Å². The summed E-state index contributed by atoms with van der Waals surface area (Å²) in [6, 6.07) is 3.50. The van der Waals surface area contributed by atoms with Crippen molar-refractivity contribution in [1.82, 2.24) is 4.98 Å². The number of aromatic nitrogens is 1. The van der Waals surface area contributed by atoms with Gasteiger partial charge in [0.15, 0.2) is 0 Å². The number of anilines is 1. The largest absolute Gasteiger partial charge is 0.384 e. The van der Waals surface area contributed by atoms with E-state index in [1.54, 1.807) is 12.1 Å². The maximum Gasteiger partial charge on any atom is 0.123 e. The van der Waals surface area contributed by atoms with Crippen LogP contribution in [0.15, 0.2) is 12.1 Å². The molecule has 0 spiro atoms. The van der Waals surface area contributed by atoms with E-state index in [-0.39, 0.29) is 0 Å². The summed E-state index contributed by atoms with van der Waals surface area (Å²) in [5.41, 5.74) is 6.44. The number of ether oxygens (including phenoxy) is 1. The second-order valence-electron chi connectivity index (χ2n) is 3.14. The lowest BCUT2D eigenvalue weighted by Gasteiger charge is -2.25. The lowest BCUT2D eigenvalue weighted by atomic mass is 10.4. The fraction of sp³-hybridized carbons (Fsp3) is 0.444. The first kappa shape index (κ1) is 10.1. The van der Waals surface area contributed by atoms with Gasteiger partial charge in [0.25, 0.3) is 0 Å². The molecule has 0 aromatic carbocycles. The van der Waals surface area contributed by atoms with Crippen LogP contribution < -0.4 is 5.73 Å². The Morgan fingerprint density at radius 2 is 2.36 bits per heavy atom. The second-order valence-corrected chi connectivity index (χ2v) is 4.83. The third-order valence-corrected chi connectivity index (χ3v) is 3.53. The van der Waals surface area contributed by atoms with Gasteiger partial charge in [0.05, 0.1) is 29.2 Å². The van der Waals surface area contributed by atoms with Crippen LogP contribution in [0.25, 0.3) is 0 Å². The van der Waals surface area contributed by atoms with Crippen molar-refractivity contribution in [3.63, 3.8) is 0 Å². The number of rotatable bonds is 3. The number of pyridine rings is 1. The molecule has 1 aromatic heterocycles. The molecule has 1 fully saturated rings. The zero-order chi connectivity index (χ0) is 9.97. The molecule has 1 saturated heterocycles. The van der Waals surface area contributed by atoms with E-state index >= 15 is 0 Å². The predicted octanol–water partition coefficient (Wildman–Crippen LogP) is 1.95. The molecule has 1 aromatic rings. The molecule has 2 rings (SSSR count). The number of nitrogen functional groups attached to an aromatic ring is 1. The highest BCUT2D eigenvalue weighted by Gasteiger charge is 2.19. The Kier molecular flexibility index (Phi) is 3.15. The molecule has 0 saturated carbocycles. The summed E-state index contributed by atoms with van der Waals surface area (Å²) < 4.78 is 5.08. The number of nitrogens with two attached hydrogens (primary N) is 1. The molecule has 0 amide bonds. The summed E-state index contributed by atoms with van der Waals surface area (Å²) in [4.78, 5) is 4.19. The van der Waals surface area contributed by atoms with Crippen molar-refractivity contribution >= 4 is 29.2 Å². The summed E-state index contributed by atoms with van der Waals surface area (Å²) in [6.45, 7) is 1.68. The molecule has 1 aliphatic rings. The Bertz CT molecular complexity index is 331. The molecule has 2 heterocycles. The zero-order valence-electron chi connectivity index (χ0n) is 7.57. The fourth-order valence-corrected chi connectivity index (χ4v) is 2.36. The van der Waals surface area contributed by atoms with Crippen LogP contribution in [0.3, 0.4) is 0 Å². The normalized spacial score (nSPS) is 16.6. The van der Waals surface area contributed by atoms with E-state index in [0.717, 1.165) is 24.7 Å². The van der Waals surface area contributed by atoms with Crippen molar-refractivity contribution in [3.8, 4) is 0 Å². The fourth-order valence-electron chi connectivity index (χ4n) is 1.11. The van der Waals surface area contributed by atoms with Gasteiger partial charge in [0, 0.05) is 5.75 Å². The van der Waals surface area contributed by atoms with Gasteiger partial charge in [0.2, 0.25) is 0 Å². The molecule has 3 nitrogen and oxygen atoms in total. The van der Waals surface area contributed by atoms with Gasteiger partial charge in [-0.15, -0.1) is 11.8 Å². The topological polar surface area (TPSA) is 48.1 Å². The molecule has 76 valence electrons. The van der Waals surface area contributed by atoms with Crippen LogP contribution in [0.4, 0.5) is 5.82 Å². The molecule has 5 heteroatoms. The lowest BCUT2D eigenvalue weighted by molar-refractivity contribution is 0.0455. The van der Waals surface area contributed by atoms with Crippen LogP contribution >= 0.6 is 23.4 Å². The first-order valence-electron chi connectivity index (χ1n) is 4.36. The van der Waals surface area contributed by atoms with Crippen molar-refractivity contribution < 1.29 is 4.74 Å². The lowest BCUT2D eigenvalue weighted by Crippen LogP contribution is -2.30. The third-order valence-electron chi connectivity index (χ3n) is 2.00. The highest BCUT2D eigenvalue weighted by molar-refractivity contribution is 7.99. The van der Waals surface area contributed by atoms with Crippen LogP contribution in [-0.4, -0.2) is 23.4 Å². The van der Waals surface area contributed by atoms with E-state index in [4.69, 9.17) is 22.1 Å². The Morgan fingerprint density at radius 1 is 1.57 bits per heavy atom. The van der Waals surface area contributed by atoms with Crippen LogP contribution in [0.2, 0.25) is 5.02 Å². The molecule has 1 aliphatic heterocycles. The number of hydrogen-bond acceptors (Lipinski definition) is 4. The molecule has 2 N–H and O–H groups in total. The van der Waals surface area contributed by atoms with E-state index in [0.29, 0.717) is 16.1 Å². The zero-order valence-corrected chi connectivity index (χ0v) is 9.14. The van der Waals surface area contributed by atoms with Gasteiger partial charge in [-0.05, 0) is 12.1 Å². The standard InChI is InChI=1S/C9H11ClN2OS/c10-7-1-2-9(11)12-8(7)5-14-6-3-13-4-6/h1-2,6H,3-5H2,(H2,11,12). The van der Waals surface area contributed by atoms with Crippen molar-refractivity contribution in [3.05, 3.63) is 22.8 Å². The van der Waals surface area contributed by atoms with E-state index in [2.05, 4.69) is 4.98 Å². The highest BCUT2D eigenvalue weighted by atomic mass is 35.5. The van der Waals surface area contributed by atoms with Gasteiger partial charge < -0.3 is 10.5 Å². The molecule has 14 heavy (non-hydrogen) atoms. The Labute approximate surface area is 92.0 Å². The van der Waals surface area contributed by atoms with Crippen LogP contribution in [0.1, 0.15) is 5.69 Å². The molecular weight excluding hydrogens is 220 g/mol. The number of thioether (sulfide) groups is 1. The number of halogens is 1.